The number of thiophene rings is 3. The molecule has 4 aromatic rings. The van der Waals surface area contributed by atoms with Gasteiger partial charge in [0.2, 0.25) is 0 Å². The van der Waals surface area contributed by atoms with Gasteiger partial charge in [-0.25, -0.2) is 0 Å². The summed E-state index contributed by atoms with van der Waals surface area (Å²) in [6, 6.07) is 14.1. The van der Waals surface area contributed by atoms with Crippen LogP contribution in [0.1, 0.15) is 153 Å². The predicted octanol–water partition coefficient (Wildman–Crippen LogP) is 15.3. The third kappa shape index (κ3) is 11.2. The number of unbranched alkanes of at least 4 members (excludes halogenated alkanes) is 18. The van der Waals surface area contributed by atoms with Crippen molar-refractivity contribution in [3.05, 3.63) is 58.3 Å². The molecule has 3 heterocycles. The largest absolute Gasteiger partial charge is 0.143 e. The Morgan fingerprint density at radius 1 is 0.465 bits per heavy atom. The van der Waals surface area contributed by atoms with Crippen molar-refractivity contribution in [3.8, 4) is 19.5 Å². The minimum absolute atomic E-state index is 1.24. The van der Waals surface area contributed by atoms with E-state index < -0.39 is 0 Å². The predicted molar refractivity (Wildman–Crippen MR) is 200 cm³/mol. The summed E-state index contributed by atoms with van der Waals surface area (Å²) < 4.78 is 0. The first-order valence-corrected chi connectivity index (χ1v) is 20.6. The minimum atomic E-state index is 1.24. The summed E-state index contributed by atoms with van der Waals surface area (Å²) in [6.07, 6.45) is 30.6. The molecule has 43 heavy (non-hydrogen) atoms. The maximum absolute atomic E-state index is 2.52. The van der Waals surface area contributed by atoms with Crippen LogP contribution in [0.5, 0.6) is 0 Å². The van der Waals surface area contributed by atoms with Gasteiger partial charge < -0.3 is 0 Å². The summed E-state index contributed by atoms with van der Waals surface area (Å²) in [5, 5.41) is 7.55. The number of fused-ring (bicyclic) bond motifs is 1. The Morgan fingerprint density at radius 3 is 1.42 bits per heavy atom. The lowest BCUT2D eigenvalue weighted by molar-refractivity contribution is 0.553. The van der Waals surface area contributed by atoms with E-state index in [4.69, 9.17) is 0 Å². The van der Waals surface area contributed by atoms with Crippen LogP contribution < -0.4 is 0 Å². The van der Waals surface area contributed by atoms with Crippen LogP contribution in [0.4, 0.5) is 0 Å². The number of benzene rings is 1. The van der Waals surface area contributed by atoms with Crippen molar-refractivity contribution in [3.63, 3.8) is 0 Å². The average molecular weight is 635 g/mol. The highest BCUT2D eigenvalue weighted by Gasteiger charge is 2.20. The number of hydrogen-bond acceptors (Lipinski definition) is 3. The van der Waals surface area contributed by atoms with E-state index in [2.05, 4.69) is 61.0 Å². The molecule has 3 heteroatoms. The molecule has 0 aliphatic rings. The first-order valence-electron chi connectivity index (χ1n) is 18.0. The van der Waals surface area contributed by atoms with Gasteiger partial charge in [0, 0.05) is 20.5 Å². The van der Waals surface area contributed by atoms with Crippen molar-refractivity contribution in [1.82, 2.24) is 0 Å². The third-order valence-corrected chi connectivity index (χ3v) is 12.5. The van der Waals surface area contributed by atoms with Gasteiger partial charge in [0.25, 0.3) is 0 Å². The zero-order valence-electron chi connectivity index (χ0n) is 27.4. The molecular formula is C40H58S3. The fraction of sp³-hybridized carbons (Fsp3) is 0.600. The highest BCUT2D eigenvalue weighted by molar-refractivity contribution is 7.27. The lowest BCUT2D eigenvalue weighted by Crippen LogP contribution is -1.97. The van der Waals surface area contributed by atoms with Gasteiger partial charge in [0.15, 0.2) is 0 Å². The average Bonchev–Trinajstić information content (AvgIpc) is 3.81. The number of hydrogen-bond donors (Lipinski definition) is 0. The molecule has 0 nitrogen and oxygen atoms in total. The summed E-state index contributed by atoms with van der Waals surface area (Å²) in [5.41, 5.74) is 3.31. The van der Waals surface area contributed by atoms with E-state index in [1.807, 2.05) is 34.0 Å². The van der Waals surface area contributed by atoms with Crippen LogP contribution in [0, 0.1) is 0 Å². The molecule has 4 rings (SSSR count). The zero-order valence-corrected chi connectivity index (χ0v) is 29.8. The van der Waals surface area contributed by atoms with Crippen molar-refractivity contribution in [2.24, 2.45) is 0 Å². The molecular weight excluding hydrogens is 577 g/mol. The molecule has 0 saturated carbocycles. The van der Waals surface area contributed by atoms with Gasteiger partial charge in [0.05, 0.1) is 9.75 Å². The molecule has 0 aliphatic heterocycles. The lowest BCUT2D eigenvalue weighted by atomic mass is 9.91. The van der Waals surface area contributed by atoms with E-state index >= 15 is 0 Å². The summed E-state index contributed by atoms with van der Waals surface area (Å²) in [6.45, 7) is 4.62. The molecule has 0 spiro atoms. The molecule has 0 bridgehead atoms. The van der Waals surface area contributed by atoms with E-state index in [0.29, 0.717) is 0 Å². The Kier molecular flexibility index (Phi) is 16.5. The van der Waals surface area contributed by atoms with Gasteiger partial charge in [0.1, 0.15) is 0 Å². The second kappa shape index (κ2) is 20.6. The molecule has 236 valence electrons. The highest BCUT2D eigenvalue weighted by atomic mass is 32.1. The van der Waals surface area contributed by atoms with Crippen LogP contribution >= 0.6 is 34.0 Å². The molecule has 0 amide bonds. The van der Waals surface area contributed by atoms with Crippen molar-refractivity contribution in [2.45, 2.75) is 155 Å². The smallest absolute Gasteiger partial charge is 0.0530 e. The van der Waals surface area contributed by atoms with Crippen LogP contribution in [0.25, 0.3) is 30.3 Å². The van der Waals surface area contributed by atoms with Crippen LogP contribution in [-0.4, -0.2) is 0 Å². The Balaban J connectivity index is 1.42. The van der Waals surface area contributed by atoms with E-state index in [1.54, 1.807) is 16.5 Å². The van der Waals surface area contributed by atoms with Crippen molar-refractivity contribution < 1.29 is 0 Å². The highest BCUT2D eigenvalue weighted by Crippen LogP contribution is 2.48. The standard InChI is InChI=1S/C40H58S3/c1-3-5-7-9-11-13-15-17-19-21-25-33-29-30-35-38(34(33)26-22-20-18-16-14-12-10-8-6-4-2)40(37-28-24-32-42-37)43-39(35)36-27-23-31-41-36/h23-24,27-32H,3-22,25-26H2,1-2H3. The van der Waals surface area contributed by atoms with E-state index in [9.17, 15) is 0 Å². The molecule has 3 aromatic heterocycles. The number of aryl methyl sites for hydroxylation is 2. The lowest BCUT2D eigenvalue weighted by Gasteiger charge is -2.14. The first-order chi connectivity index (χ1) is 21.3. The topological polar surface area (TPSA) is 0 Å². The van der Waals surface area contributed by atoms with Gasteiger partial charge >= 0.3 is 0 Å². The van der Waals surface area contributed by atoms with Gasteiger partial charge in [-0.15, -0.1) is 34.0 Å². The van der Waals surface area contributed by atoms with Crippen molar-refractivity contribution in [1.29, 1.82) is 0 Å². The second-order valence-corrected chi connectivity index (χ2v) is 15.6. The summed E-state index contributed by atoms with van der Waals surface area (Å²) in [5.74, 6) is 0. The monoisotopic (exact) mass is 634 g/mol. The Bertz CT molecular complexity index is 1240. The van der Waals surface area contributed by atoms with Crippen molar-refractivity contribution in [2.75, 3.05) is 0 Å². The Labute approximate surface area is 276 Å². The zero-order chi connectivity index (χ0) is 30.0. The van der Waals surface area contributed by atoms with Crippen LogP contribution in [-0.2, 0) is 12.8 Å². The van der Waals surface area contributed by atoms with Gasteiger partial charge in [-0.3, -0.25) is 0 Å². The summed E-state index contributed by atoms with van der Waals surface area (Å²) in [4.78, 5) is 5.85. The Hall–Kier alpha value is -1.42. The molecule has 0 N–H and O–H groups in total. The maximum Gasteiger partial charge on any atom is 0.0530 e. The SMILES string of the molecule is CCCCCCCCCCCCc1ccc2c(-c3cccs3)sc(-c3cccs3)c2c1CCCCCCCCCCCC. The molecule has 0 fully saturated rings. The molecule has 0 aliphatic carbocycles. The molecule has 1 aromatic carbocycles. The number of rotatable bonds is 24. The van der Waals surface area contributed by atoms with Gasteiger partial charge in [-0.1, -0.05) is 154 Å². The molecule has 0 radical (unpaired) electrons. The fourth-order valence-corrected chi connectivity index (χ4v) is 9.67. The maximum atomic E-state index is 2.52. The van der Waals surface area contributed by atoms with E-state index in [-0.39, 0.29) is 0 Å². The summed E-state index contributed by atoms with van der Waals surface area (Å²) in [7, 11) is 0. The van der Waals surface area contributed by atoms with Crippen LogP contribution in [0.2, 0.25) is 0 Å². The second-order valence-electron chi connectivity index (χ2n) is 12.7. The van der Waals surface area contributed by atoms with E-state index in [1.165, 1.54) is 166 Å². The Morgan fingerprint density at radius 2 is 0.930 bits per heavy atom. The molecule has 0 saturated heterocycles. The van der Waals surface area contributed by atoms with Gasteiger partial charge in [-0.2, -0.15) is 0 Å². The fourth-order valence-electron chi connectivity index (χ4n) is 6.63. The first kappa shape index (κ1) is 34.5. The van der Waals surface area contributed by atoms with Crippen molar-refractivity contribution >= 4 is 44.8 Å². The minimum Gasteiger partial charge on any atom is -0.143 e. The van der Waals surface area contributed by atoms with Gasteiger partial charge in [-0.05, 0) is 59.7 Å². The van der Waals surface area contributed by atoms with Crippen LogP contribution in [0.15, 0.2) is 47.2 Å². The quantitative estimate of drug-likeness (QED) is 0.0673. The van der Waals surface area contributed by atoms with E-state index in [0.717, 1.165) is 0 Å². The van der Waals surface area contributed by atoms with Crippen LogP contribution in [0.3, 0.4) is 0 Å². The normalized spacial score (nSPS) is 11.7. The molecule has 0 atom stereocenters. The third-order valence-electron chi connectivity index (χ3n) is 9.16. The molecule has 0 unspecified atom stereocenters. The summed E-state index contributed by atoms with van der Waals surface area (Å²) >= 11 is 5.83.